The van der Waals surface area contributed by atoms with Crippen molar-refractivity contribution in [3.8, 4) is 0 Å². The second kappa shape index (κ2) is 7.58. The van der Waals surface area contributed by atoms with E-state index in [0.29, 0.717) is 6.42 Å². The van der Waals surface area contributed by atoms with Gasteiger partial charge >= 0.3 is 12.2 Å². The fourth-order valence-corrected chi connectivity index (χ4v) is 3.74. The number of fused-ring (bicyclic) bond motifs is 2. The Morgan fingerprint density at radius 1 is 1.15 bits per heavy atom. The summed E-state index contributed by atoms with van der Waals surface area (Å²) in [4.78, 5) is 40.0. The number of nitrogens with zero attached hydrogens (tertiary/aromatic N) is 2. The second-order valence-electron chi connectivity index (χ2n) is 8.01. The predicted molar refractivity (Wildman–Crippen MR) is 98.1 cm³/mol. The highest BCUT2D eigenvalue weighted by Crippen LogP contribution is 2.35. The highest BCUT2D eigenvalue weighted by atomic mass is 16.6. The van der Waals surface area contributed by atoms with Gasteiger partial charge in [0.1, 0.15) is 24.5 Å². The summed E-state index contributed by atoms with van der Waals surface area (Å²) in [6.07, 6.45) is 1.16. The highest BCUT2D eigenvalue weighted by Gasteiger charge is 2.51. The molecular formula is C20H26N2O5. The van der Waals surface area contributed by atoms with E-state index in [1.54, 1.807) is 25.7 Å². The fourth-order valence-electron chi connectivity index (χ4n) is 3.74. The molecule has 2 amide bonds. The monoisotopic (exact) mass is 374 g/mol. The van der Waals surface area contributed by atoms with E-state index in [-0.39, 0.29) is 25.2 Å². The van der Waals surface area contributed by atoms with Gasteiger partial charge in [-0.1, -0.05) is 30.3 Å². The summed E-state index contributed by atoms with van der Waals surface area (Å²) in [6, 6.07) is 8.11. The van der Waals surface area contributed by atoms with E-state index in [1.807, 2.05) is 30.3 Å². The van der Waals surface area contributed by atoms with Crippen LogP contribution in [0.1, 0.15) is 39.2 Å². The summed E-state index contributed by atoms with van der Waals surface area (Å²) in [7, 11) is 0. The van der Waals surface area contributed by atoms with Gasteiger partial charge in [-0.25, -0.2) is 9.59 Å². The standard InChI is InChI=1S/C20H26N2O5/c1-20(2,3)27-19(25)22-15-9-10-16(22)17(12-23)21(11-15)18(24)26-13-14-7-5-4-6-8-14/h4-8,12,15-17H,9-11,13H2,1-3H3/t15-,16+,17+/m1/s1. The Balaban J connectivity index is 1.68. The van der Waals surface area contributed by atoms with E-state index in [4.69, 9.17) is 9.47 Å². The zero-order valence-corrected chi connectivity index (χ0v) is 16.0. The molecule has 2 heterocycles. The molecule has 2 bridgehead atoms. The van der Waals surface area contributed by atoms with Crippen molar-refractivity contribution in [3.05, 3.63) is 35.9 Å². The third kappa shape index (κ3) is 4.23. The number of rotatable bonds is 3. The van der Waals surface area contributed by atoms with Gasteiger partial charge in [-0.15, -0.1) is 0 Å². The molecule has 0 unspecified atom stereocenters. The summed E-state index contributed by atoms with van der Waals surface area (Å²) in [6.45, 7) is 5.84. The minimum Gasteiger partial charge on any atom is -0.445 e. The van der Waals surface area contributed by atoms with Gasteiger partial charge in [-0.2, -0.15) is 0 Å². The van der Waals surface area contributed by atoms with Crippen LogP contribution in [-0.2, 0) is 20.9 Å². The second-order valence-corrected chi connectivity index (χ2v) is 8.01. The molecule has 7 heteroatoms. The minimum atomic E-state index is -0.723. The van der Waals surface area contributed by atoms with Gasteiger partial charge in [0, 0.05) is 6.54 Å². The lowest BCUT2D eigenvalue weighted by Gasteiger charge is -2.44. The number of carbonyl (C=O) groups is 3. The number of ether oxygens (including phenoxy) is 2. The van der Waals surface area contributed by atoms with Gasteiger partial charge in [0.2, 0.25) is 0 Å². The largest absolute Gasteiger partial charge is 0.445 e. The van der Waals surface area contributed by atoms with E-state index in [0.717, 1.165) is 18.3 Å². The summed E-state index contributed by atoms with van der Waals surface area (Å²) in [5.41, 5.74) is 0.266. The summed E-state index contributed by atoms with van der Waals surface area (Å²) < 4.78 is 10.9. The van der Waals surface area contributed by atoms with Crippen molar-refractivity contribution in [2.24, 2.45) is 0 Å². The molecule has 0 aliphatic carbocycles. The number of likely N-dealkylation sites (tertiary alicyclic amines) is 1. The zero-order chi connectivity index (χ0) is 19.6. The molecule has 0 spiro atoms. The number of aldehydes is 1. The first-order chi connectivity index (χ1) is 12.8. The predicted octanol–water partition coefficient (Wildman–Crippen LogP) is 2.97. The molecule has 27 heavy (non-hydrogen) atoms. The molecule has 2 saturated heterocycles. The lowest BCUT2D eigenvalue weighted by atomic mass is 10.1. The fraction of sp³-hybridized carbons (Fsp3) is 0.550. The lowest BCUT2D eigenvalue weighted by molar-refractivity contribution is -0.116. The third-order valence-electron chi connectivity index (χ3n) is 4.89. The van der Waals surface area contributed by atoms with Crippen molar-refractivity contribution in [3.63, 3.8) is 0 Å². The van der Waals surface area contributed by atoms with Crippen LogP contribution in [0.4, 0.5) is 9.59 Å². The summed E-state index contributed by atoms with van der Waals surface area (Å²) in [5.74, 6) is 0. The van der Waals surface area contributed by atoms with Gasteiger partial charge in [0.15, 0.2) is 0 Å². The van der Waals surface area contributed by atoms with Crippen LogP contribution in [0, 0.1) is 0 Å². The molecule has 3 atom stereocenters. The average molecular weight is 374 g/mol. The number of hydrogen-bond donors (Lipinski definition) is 0. The number of hydrogen-bond acceptors (Lipinski definition) is 5. The number of carbonyl (C=O) groups excluding carboxylic acids is 3. The molecule has 0 saturated carbocycles. The number of piperazine rings is 1. The Morgan fingerprint density at radius 2 is 1.85 bits per heavy atom. The zero-order valence-electron chi connectivity index (χ0n) is 16.0. The van der Waals surface area contributed by atoms with Crippen LogP contribution in [0.2, 0.25) is 0 Å². The molecule has 146 valence electrons. The van der Waals surface area contributed by atoms with Crippen LogP contribution in [0.5, 0.6) is 0 Å². The normalized spacial score (nSPS) is 24.5. The molecule has 2 aliphatic rings. The highest BCUT2D eigenvalue weighted by molar-refractivity contribution is 5.77. The SMILES string of the molecule is CC(C)(C)OC(=O)N1[C@@H]2CC[C@H]1[C@H](C=O)N(C(=O)OCc1ccccc1)C2. The van der Waals surface area contributed by atoms with Crippen molar-refractivity contribution >= 4 is 18.5 Å². The van der Waals surface area contributed by atoms with Crippen LogP contribution >= 0.6 is 0 Å². The molecule has 2 aliphatic heterocycles. The first-order valence-electron chi connectivity index (χ1n) is 9.24. The van der Waals surface area contributed by atoms with Crippen molar-refractivity contribution < 1.29 is 23.9 Å². The maximum Gasteiger partial charge on any atom is 0.410 e. The van der Waals surface area contributed by atoms with Crippen LogP contribution in [0.25, 0.3) is 0 Å². The Morgan fingerprint density at radius 3 is 2.48 bits per heavy atom. The smallest absolute Gasteiger partial charge is 0.410 e. The quantitative estimate of drug-likeness (QED) is 0.760. The molecular weight excluding hydrogens is 348 g/mol. The molecule has 0 N–H and O–H groups in total. The first kappa shape index (κ1) is 19.2. The van der Waals surface area contributed by atoms with Crippen molar-refractivity contribution in [1.29, 1.82) is 0 Å². The molecule has 0 radical (unpaired) electrons. The van der Waals surface area contributed by atoms with Crippen LogP contribution in [-0.4, -0.2) is 58.5 Å². The summed E-state index contributed by atoms with van der Waals surface area (Å²) in [5, 5.41) is 0. The average Bonchev–Trinajstić information content (AvgIpc) is 2.94. The van der Waals surface area contributed by atoms with Gasteiger partial charge in [0.05, 0.1) is 12.1 Å². The van der Waals surface area contributed by atoms with E-state index in [1.165, 1.54) is 4.90 Å². The van der Waals surface area contributed by atoms with Crippen LogP contribution < -0.4 is 0 Å². The molecule has 3 rings (SSSR count). The molecule has 0 aromatic heterocycles. The van der Waals surface area contributed by atoms with Crippen molar-refractivity contribution in [2.75, 3.05) is 6.54 Å². The van der Waals surface area contributed by atoms with Gasteiger partial charge in [-0.3, -0.25) is 9.80 Å². The van der Waals surface area contributed by atoms with Gasteiger partial charge < -0.3 is 14.3 Å². The van der Waals surface area contributed by atoms with Crippen molar-refractivity contribution in [2.45, 2.75) is 63.9 Å². The Kier molecular flexibility index (Phi) is 5.39. The first-order valence-corrected chi connectivity index (χ1v) is 9.24. The van der Waals surface area contributed by atoms with Crippen LogP contribution in [0.15, 0.2) is 30.3 Å². The third-order valence-corrected chi connectivity index (χ3v) is 4.89. The van der Waals surface area contributed by atoms with Crippen molar-refractivity contribution in [1.82, 2.24) is 9.80 Å². The van der Waals surface area contributed by atoms with E-state index >= 15 is 0 Å². The molecule has 2 fully saturated rings. The maximum absolute atomic E-state index is 12.6. The Labute approximate surface area is 159 Å². The molecule has 1 aromatic carbocycles. The molecule has 7 nitrogen and oxygen atoms in total. The maximum atomic E-state index is 12.6. The number of amides is 2. The Hall–Kier alpha value is -2.57. The van der Waals surface area contributed by atoms with E-state index < -0.39 is 23.8 Å². The Bertz CT molecular complexity index is 700. The minimum absolute atomic E-state index is 0.146. The van der Waals surface area contributed by atoms with E-state index in [2.05, 4.69) is 0 Å². The van der Waals surface area contributed by atoms with Crippen LogP contribution in [0.3, 0.4) is 0 Å². The lowest BCUT2D eigenvalue weighted by Crippen LogP contribution is -2.63. The summed E-state index contributed by atoms with van der Waals surface area (Å²) >= 11 is 0. The van der Waals surface area contributed by atoms with Gasteiger partial charge in [0.25, 0.3) is 0 Å². The molecule has 1 aromatic rings. The van der Waals surface area contributed by atoms with E-state index in [9.17, 15) is 14.4 Å². The topological polar surface area (TPSA) is 76.2 Å². The van der Waals surface area contributed by atoms with Gasteiger partial charge in [-0.05, 0) is 39.2 Å². The number of benzene rings is 1.